The first-order valence-corrected chi connectivity index (χ1v) is 10.3. The molecule has 1 unspecified atom stereocenters. The van der Waals surface area contributed by atoms with E-state index in [4.69, 9.17) is 21.1 Å². The molecule has 0 aliphatic carbocycles. The average molecular weight is 433 g/mol. The van der Waals surface area contributed by atoms with E-state index in [0.717, 1.165) is 18.4 Å². The Morgan fingerprint density at radius 3 is 2.97 bits per heavy atom. The Labute approximate surface area is 180 Å². The van der Waals surface area contributed by atoms with Gasteiger partial charge in [0.2, 0.25) is 0 Å². The minimum absolute atomic E-state index is 0.278. The van der Waals surface area contributed by atoms with E-state index in [1.54, 1.807) is 36.3 Å². The minimum atomic E-state index is -0.364. The fraction of sp³-hybridized carbons (Fsp3) is 0.429. The fourth-order valence-electron chi connectivity index (χ4n) is 3.18. The molecule has 0 radical (unpaired) electrons. The Hall–Kier alpha value is -2.71. The molecule has 2 aromatic heterocycles. The molecule has 0 spiro atoms. The number of morpholine rings is 1. The first-order valence-electron chi connectivity index (χ1n) is 9.90. The van der Waals surface area contributed by atoms with E-state index in [-0.39, 0.29) is 28.9 Å². The largest absolute Gasteiger partial charge is 0.449 e. The normalized spacial score (nSPS) is 16.2. The summed E-state index contributed by atoms with van der Waals surface area (Å²) in [5.74, 6) is -0.291. The van der Waals surface area contributed by atoms with Crippen LogP contribution < -0.4 is 5.32 Å². The zero-order chi connectivity index (χ0) is 21.5. The molecule has 3 rings (SSSR count). The lowest BCUT2D eigenvalue weighted by Gasteiger charge is -2.35. The summed E-state index contributed by atoms with van der Waals surface area (Å²) in [6.07, 6.45) is 2.95. The molecule has 1 aliphatic rings. The lowest BCUT2D eigenvalue weighted by molar-refractivity contribution is -0.0101. The van der Waals surface area contributed by atoms with Gasteiger partial charge in [-0.1, -0.05) is 24.9 Å². The van der Waals surface area contributed by atoms with E-state index in [9.17, 15) is 9.59 Å². The number of hydrogen-bond donors (Lipinski definition) is 1. The number of rotatable bonds is 6. The number of halogens is 1. The van der Waals surface area contributed by atoms with Crippen molar-refractivity contribution in [1.82, 2.24) is 20.2 Å². The number of nitrogens with one attached hydrogen (secondary N) is 1. The quantitative estimate of drug-likeness (QED) is 0.555. The number of carbonyl (C=O) groups is 2. The first-order chi connectivity index (χ1) is 14.5. The van der Waals surface area contributed by atoms with Gasteiger partial charge in [0.05, 0.1) is 31.6 Å². The summed E-state index contributed by atoms with van der Waals surface area (Å²) in [6, 6.07) is 6.63. The summed E-state index contributed by atoms with van der Waals surface area (Å²) >= 11 is 6.30. The van der Waals surface area contributed by atoms with Crippen molar-refractivity contribution in [3.8, 4) is 11.3 Å². The second-order valence-corrected chi connectivity index (χ2v) is 7.26. The zero-order valence-corrected chi connectivity index (χ0v) is 17.8. The molecular weight excluding hydrogens is 408 g/mol. The molecule has 0 bridgehead atoms. The second-order valence-electron chi connectivity index (χ2n) is 6.87. The summed E-state index contributed by atoms with van der Waals surface area (Å²) in [7, 11) is 1.55. The Kier molecular flexibility index (Phi) is 7.59. The van der Waals surface area contributed by atoms with Crippen molar-refractivity contribution < 1.29 is 19.1 Å². The van der Waals surface area contributed by atoms with Crippen LogP contribution in [0, 0.1) is 0 Å². The van der Waals surface area contributed by atoms with Crippen LogP contribution in [0.5, 0.6) is 0 Å². The van der Waals surface area contributed by atoms with Crippen LogP contribution in [0.2, 0.25) is 5.15 Å². The maximum absolute atomic E-state index is 12.6. The Morgan fingerprint density at radius 2 is 2.20 bits per heavy atom. The second kappa shape index (κ2) is 10.4. The summed E-state index contributed by atoms with van der Waals surface area (Å²) < 4.78 is 11.0. The molecule has 8 nitrogen and oxygen atoms in total. The highest BCUT2D eigenvalue weighted by atomic mass is 35.5. The van der Waals surface area contributed by atoms with Gasteiger partial charge in [-0.3, -0.25) is 14.7 Å². The van der Waals surface area contributed by atoms with Gasteiger partial charge < -0.3 is 14.8 Å². The third kappa shape index (κ3) is 5.25. The lowest BCUT2D eigenvalue weighted by atomic mass is 10.0. The van der Waals surface area contributed by atoms with Crippen molar-refractivity contribution in [2.45, 2.75) is 25.8 Å². The van der Waals surface area contributed by atoms with Gasteiger partial charge >= 0.3 is 6.09 Å². The van der Waals surface area contributed by atoms with Gasteiger partial charge in [-0.2, -0.15) is 0 Å². The standard InChI is InChI=1S/C21H25ClN4O4/c1-3-4-8-30-21(28)26-7-9-29-13-18(26)15-11-16(25-19(22)12-15)14-5-6-24-17(10-14)20(27)23-2/h5-6,10-12,18H,3-4,7-9,13H2,1-2H3,(H,23,27). The van der Waals surface area contributed by atoms with Crippen LogP contribution in [0.4, 0.5) is 4.79 Å². The lowest BCUT2D eigenvalue weighted by Crippen LogP contribution is -2.43. The van der Waals surface area contributed by atoms with E-state index in [1.165, 1.54) is 0 Å². The van der Waals surface area contributed by atoms with Gasteiger partial charge in [-0.05, 0) is 36.2 Å². The maximum atomic E-state index is 12.6. The van der Waals surface area contributed by atoms with E-state index >= 15 is 0 Å². The van der Waals surface area contributed by atoms with E-state index < -0.39 is 0 Å². The van der Waals surface area contributed by atoms with Crippen molar-refractivity contribution >= 4 is 23.6 Å². The highest BCUT2D eigenvalue weighted by Gasteiger charge is 2.30. The number of unbranched alkanes of at least 4 members (excludes halogenated alkanes) is 1. The molecule has 160 valence electrons. The highest BCUT2D eigenvalue weighted by molar-refractivity contribution is 6.29. The van der Waals surface area contributed by atoms with Crippen LogP contribution in [0.25, 0.3) is 11.3 Å². The van der Waals surface area contributed by atoms with Gasteiger partial charge in [-0.25, -0.2) is 9.78 Å². The monoisotopic (exact) mass is 432 g/mol. The number of aromatic nitrogens is 2. The molecule has 9 heteroatoms. The highest BCUT2D eigenvalue weighted by Crippen LogP contribution is 2.30. The van der Waals surface area contributed by atoms with Crippen molar-refractivity contribution in [3.63, 3.8) is 0 Å². The number of ether oxygens (including phenoxy) is 2. The van der Waals surface area contributed by atoms with E-state index in [2.05, 4.69) is 15.3 Å². The van der Waals surface area contributed by atoms with Gasteiger partial charge in [0.1, 0.15) is 10.8 Å². The molecule has 1 N–H and O–H groups in total. The van der Waals surface area contributed by atoms with E-state index in [1.807, 2.05) is 13.0 Å². The molecular formula is C21H25ClN4O4. The van der Waals surface area contributed by atoms with Crippen molar-refractivity contribution in [2.75, 3.05) is 33.4 Å². The molecule has 3 heterocycles. The Morgan fingerprint density at radius 1 is 1.37 bits per heavy atom. The number of nitrogens with zero attached hydrogens (tertiary/aromatic N) is 3. The molecule has 2 amide bonds. The first kappa shape index (κ1) is 22.0. The molecule has 1 fully saturated rings. The SMILES string of the molecule is CCCCOC(=O)N1CCOCC1c1cc(Cl)nc(-c2ccnc(C(=O)NC)c2)c1. The van der Waals surface area contributed by atoms with Gasteiger partial charge in [0.15, 0.2) is 0 Å². The average Bonchev–Trinajstić information content (AvgIpc) is 2.78. The third-order valence-corrected chi connectivity index (χ3v) is 5.00. The summed E-state index contributed by atoms with van der Waals surface area (Å²) in [5.41, 5.74) is 2.34. The molecule has 0 saturated carbocycles. The maximum Gasteiger partial charge on any atom is 0.410 e. The minimum Gasteiger partial charge on any atom is -0.449 e. The van der Waals surface area contributed by atoms with E-state index in [0.29, 0.717) is 37.6 Å². The number of pyridine rings is 2. The summed E-state index contributed by atoms with van der Waals surface area (Å²) in [6.45, 7) is 3.65. The van der Waals surface area contributed by atoms with Gasteiger partial charge in [0, 0.05) is 25.4 Å². The smallest absolute Gasteiger partial charge is 0.410 e. The summed E-state index contributed by atoms with van der Waals surface area (Å²) in [5, 5.41) is 2.83. The predicted molar refractivity (Wildman–Crippen MR) is 112 cm³/mol. The van der Waals surface area contributed by atoms with Gasteiger partial charge in [0.25, 0.3) is 5.91 Å². The fourth-order valence-corrected chi connectivity index (χ4v) is 3.40. The zero-order valence-electron chi connectivity index (χ0n) is 17.1. The topological polar surface area (TPSA) is 93.7 Å². The van der Waals surface area contributed by atoms with Crippen molar-refractivity contribution in [2.24, 2.45) is 0 Å². The Balaban J connectivity index is 1.90. The number of amides is 2. The van der Waals surface area contributed by atoms with Crippen LogP contribution in [0.15, 0.2) is 30.5 Å². The molecule has 1 atom stereocenters. The van der Waals surface area contributed by atoms with Crippen molar-refractivity contribution in [3.05, 3.63) is 46.9 Å². The van der Waals surface area contributed by atoms with Crippen LogP contribution in [0.3, 0.4) is 0 Å². The molecule has 0 aromatic carbocycles. The predicted octanol–water partition coefficient (Wildman–Crippen LogP) is 3.47. The van der Waals surface area contributed by atoms with Crippen molar-refractivity contribution in [1.29, 1.82) is 0 Å². The van der Waals surface area contributed by atoms with Crippen LogP contribution >= 0.6 is 11.6 Å². The third-order valence-electron chi connectivity index (χ3n) is 4.80. The molecule has 1 aliphatic heterocycles. The summed E-state index contributed by atoms with van der Waals surface area (Å²) in [4.78, 5) is 34.6. The molecule has 1 saturated heterocycles. The number of carbonyl (C=O) groups excluding carboxylic acids is 2. The molecule has 2 aromatic rings. The molecule has 30 heavy (non-hydrogen) atoms. The van der Waals surface area contributed by atoms with Crippen LogP contribution in [-0.4, -0.2) is 60.3 Å². The van der Waals surface area contributed by atoms with Crippen LogP contribution in [-0.2, 0) is 9.47 Å². The Bertz CT molecular complexity index is 908. The van der Waals surface area contributed by atoms with Crippen LogP contribution in [0.1, 0.15) is 41.9 Å². The van der Waals surface area contributed by atoms with Gasteiger partial charge in [-0.15, -0.1) is 0 Å². The number of hydrogen-bond acceptors (Lipinski definition) is 6.